The molecule has 162 valence electrons. The van der Waals surface area contributed by atoms with Crippen molar-refractivity contribution >= 4 is 0 Å². The van der Waals surface area contributed by atoms with Gasteiger partial charge in [-0.25, -0.2) is 0 Å². The van der Waals surface area contributed by atoms with Gasteiger partial charge >= 0.3 is 0 Å². The highest BCUT2D eigenvalue weighted by molar-refractivity contribution is 4.79. The van der Waals surface area contributed by atoms with Crippen molar-refractivity contribution in [1.29, 1.82) is 0 Å². The minimum absolute atomic E-state index is 0.0780. The molecule has 0 aromatic carbocycles. The Morgan fingerprint density at radius 3 is 1.41 bits per heavy atom. The topological polar surface area (TPSA) is 46.2 Å². The van der Waals surface area contributed by atoms with Gasteiger partial charge in [0.15, 0.2) is 0 Å². The third kappa shape index (κ3) is 12.6. The summed E-state index contributed by atoms with van der Waals surface area (Å²) in [6, 6.07) is 0. The van der Waals surface area contributed by atoms with Gasteiger partial charge < -0.3 is 23.7 Å². The van der Waals surface area contributed by atoms with Crippen LogP contribution in [0.5, 0.6) is 0 Å². The van der Waals surface area contributed by atoms with Crippen LogP contribution in [0.25, 0.3) is 0 Å². The molecule has 27 heavy (non-hydrogen) atoms. The highest BCUT2D eigenvalue weighted by Crippen LogP contribution is 2.22. The minimum atomic E-state index is 0.0780. The van der Waals surface area contributed by atoms with Crippen molar-refractivity contribution in [2.75, 3.05) is 35.5 Å². The molecule has 0 saturated heterocycles. The first-order chi connectivity index (χ1) is 13.1. The Hall–Kier alpha value is -0.460. The molecule has 5 nitrogen and oxygen atoms in total. The molecule has 0 spiro atoms. The van der Waals surface area contributed by atoms with Crippen molar-refractivity contribution in [3.05, 3.63) is 12.7 Å². The molecule has 0 aliphatic heterocycles. The van der Waals surface area contributed by atoms with Gasteiger partial charge in [0, 0.05) is 42.0 Å². The Morgan fingerprint density at radius 2 is 1.04 bits per heavy atom. The SMILES string of the molecule is C=CC[C@@H](C[C@@H](C[C@@H](C[C@@H](C[C@@H](CCCCC)OC)OC)OC)OC)OC. The Kier molecular flexibility index (Phi) is 17.3. The number of unbranched alkanes of at least 4 members (excludes halogenated alkanes) is 2. The summed E-state index contributed by atoms with van der Waals surface area (Å²) in [7, 11) is 8.81. The highest BCUT2D eigenvalue weighted by Gasteiger charge is 2.24. The smallest absolute Gasteiger partial charge is 0.0630 e. The third-order valence-electron chi connectivity index (χ3n) is 5.33. The molecule has 0 aliphatic carbocycles. The van der Waals surface area contributed by atoms with Crippen molar-refractivity contribution in [2.45, 2.75) is 95.2 Å². The van der Waals surface area contributed by atoms with Gasteiger partial charge in [-0.1, -0.05) is 32.3 Å². The fraction of sp³-hybridized carbons (Fsp3) is 0.909. The summed E-state index contributed by atoms with van der Waals surface area (Å²) in [6.45, 7) is 6.02. The molecule has 0 aromatic rings. The van der Waals surface area contributed by atoms with Crippen LogP contribution in [0, 0.1) is 0 Å². The van der Waals surface area contributed by atoms with E-state index < -0.39 is 0 Å². The molecule has 0 unspecified atom stereocenters. The van der Waals surface area contributed by atoms with Gasteiger partial charge in [-0.3, -0.25) is 0 Å². The monoisotopic (exact) mass is 388 g/mol. The lowest BCUT2D eigenvalue weighted by Gasteiger charge is -2.28. The first-order valence-corrected chi connectivity index (χ1v) is 10.3. The molecule has 0 fully saturated rings. The van der Waals surface area contributed by atoms with Crippen LogP contribution in [0.3, 0.4) is 0 Å². The first-order valence-electron chi connectivity index (χ1n) is 10.3. The minimum Gasteiger partial charge on any atom is -0.381 e. The maximum atomic E-state index is 5.74. The Bertz CT molecular complexity index is 337. The maximum absolute atomic E-state index is 5.74. The van der Waals surface area contributed by atoms with E-state index in [1.54, 1.807) is 35.5 Å². The van der Waals surface area contributed by atoms with Crippen LogP contribution in [-0.2, 0) is 23.7 Å². The van der Waals surface area contributed by atoms with Crippen molar-refractivity contribution in [3.8, 4) is 0 Å². The molecule has 0 N–H and O–H groups in total. The zero-order chi connectivity index (χ0) is 20.5. The van der Waals surface area contributed by atoms with Crippen molar-refractivity contribution in [1.82, 2.24) is 0 Å². The predicted molar refractivity (Wildman–Crippen MR) is 111 cm³/mol. The summed E-state index contributed by atoms with van der Waals surface area (Å²) < 4.78 is 28.4. The van der Waals surface area contributed by atoms with E-state index in [1.165, 1.54) is 19.3 Å². The Balaban J connectivity index is 4.62. The van der Waals surface area contributed by atoms with E-state index in [0.717, 1.165) is 38.5 Å². The molecule has 5 heteroatoms. The van der Waals surface area contributed by atoms with Gasteiger partial charge in [-0.15, -0.1) is 6.58 Å². The molecular formula is C22H44O5. The quantitative estimate of drug-likeness (QED) is 0.235. The second-order valence-corrected chi connectivity index (χ2v) is 7.25. The fourth-order valence-electron chi connectivity index (χ4n) is 3.47. The fourth-order valence-corrected chi connectivity index (χ4v) is 3.47. The Morgan fingerprint density at radius 1 is 0.630 bits per heavy atom. The maximum Gasteiger partial charge on any atom is 0.0630 e. The largest absolute Gasteiger partial charge is 0.381 e. The van der Waals surface area contributed by atoms with Crippen LogP contribution in [0.1, 0.15) is 64.7 Å². The van der Waals surface area contributed by atoms with Crippen LogP contribution < -0.4 is 0 Å². The van der Waals surface area contributed by atoms with Crippen LogP contribution in [0.4, 0.5) is 0 Å². The molecule has 0 bridgehead atoms. The summed E-state index contributed by atoms with van der Waals surface area (Å²) >= 11 is 0. The van der Waals surface area contributed by atoms with E-state index in [4.69, 9.17) is 23.7 Å². The molecule has 0 rings (SSSR count). The summed E-state index contributed by atoms with van der Waals surface area (Å²) in [5.41, 5.74) is 0. The Labute approximate surface area is 167 Å². The van der Waals surface area contributed by atoms with Gasteiger partial charge in [-0.2, -0.15) is 0 Å². The van der Waals surface area contributed by atoms with Crippen molar-refractivity contribution in [3.63, 3.8) is 0 Å². The van der Waals surface area contributed by atoms with Gasteiger partial charge in [0.25, 0.3) is 0 Å². The first kappa shape index (κ1) is 26.5. The van der Waals surface area contributed by atoms with Crippen LogP contribution in [0.2, 0.25) is 0 Å². The van der Waals surface area contributed by atoms with E-state index in [2.05, 4.69) is 13.5 Å². The molecule has 0 amide bonds. The van der Waals surface area contributed by atoms with E-state index in [-0.39, 0.29) is 30.5 Å². The van der Waals surface area contributed by atoms with Gasteiger partial charge in [-0.05, 0) is 32.1 Å². The van der Waals surface area contributed by atoms with E-state index in [0.29, 0.717) is 0 Å². The second-order valence-electron chi connectivity index (χ2n) is 7.25. The van der Waals surface area contributed by atoms with Crippen molar-refractivity contribution in [2.24, 2.45) is 0 Å². The molecule has 0 heterocycles. The molecule has 0 aliphatic rings. The number of ether oxygens (including phenoxy) is 5. The van der Waals surface area contributed by atoms with Crippen LogP contribution in [-0.4, -0.2) is 66.1 Å². The molecular weight excluding hydrogens is 344 g/mol. The molecule has 5 atom stereocenters. The van der Waals surface area contributed by atoms with E-state index >= 15 is 0 Å². The zero-order valence-corrected chi connectivity index (χ0v) is 18.6. The number of hydrogen-bond acceptors (Lipinski definition) is 5. The molecule has 0 radical (unpaired) electrons. The summed E-state index contributed by atoms with van der Waals surface area (Å²) in [5.74, 6) is 0. The lowest BCUT2D eigenvalue weighted by atomic mass is 9.96. The highest BCUT2D eigenvalue weighted by atomic mass is 16.5. The van der Waals surface area contributed by atoms with Gasteiger partial charge in [0.05, 0.1) is 30.5 Å². The van der Waals surface area contributed by atoms with Gasteiger partial charge in [0.1, 0.15) is 0 Å². The molecule has 0 saturated carbocycles. The molecule has 0 aromatic heterocycles. The lowest BCUT2D eigenvalue weighted by Crippen LogP contribution is -2.31. The summed E-state index contributed by atoms with van der Waals surface area (Å²) in [6.07, 6.45) is 11.5. The number of hydrogen-bond donors (Lipinski definition) is 0. The standard InChI is InChI=1S/C22H44O5/c1-8-10-11-13-19(24-4)15-21(26-6)17-22(27-7)16-20(25-5)14-18(23-3)12-9-2/h9,18-22H,2,8,10-17H2,1,3-7H3/t18-,19+,20-,21+,22-/m0/s1. The lowest BCUT2D eigenvalue weighted by molar-refractivity contribution is -0.0425. The average molecular weight is 389 g/mol. The van der Waals surface area contributed by atoms with E-state index in [1.807, 2.05) is 6.08 Å². The normalized spacial score (nSPS) is 17.3. The second kappa shape index (κ2) is 17.6. The summed E-state index contributed by atoms with van der Waals surface area (Å²) in [4.78, 5) is 0. The third-order valence-corrected chi connectivity index (χ3v) is 5.33. The zero-order valence-electron chi connectivity index (χ0n) is 18.6. The van der Waals surface area contributed by atoms with E-state index in [9.17, 15) is 0 Å². The number of rotatable bonds is 19. The van der Waals surface area contributed by atoms with Crippen LogP contribution >= 0.6 is 0 Å². The number of methoxy groups -OCH3 is 5. The summed E-state index contributed by atoms with van der Waals surface area (Å²) in [5, 5.41) is 0. The average Bonchev–Trinajstić information content (AvgIpc) is 2.70. The predicted octanol–water partition coefficient (Wildman–Crippen LogP) is 4.78. The van der Waals surface area contributed by atoms with Gasteiger partial charge in [0.2, 0.25) is 0 Å². The van der Waals surface area contributed by atoms with Crippen molar-refractivity contribution < 1.29 is 23.7 Å². The van der Waals surface area contributed by atoms with Crippen LogP contribution in [0.15, 0.2) is 12.7 Å².